The molecule has 3 aromatic rings. The molecule has 7 heteroatoms. The van der Waals surface area contributed by atoms with Crippen LogP contribution in [0.15, 0.2) is 42.7 Å². The van der Waals surface area contributed by atoms with Crippen LogP contribution < -0.4 is 0 Å². The Labute approximate surface area is 140 Å². The van der Waals surface area contributed by atoms with E-state index >= 15 is 0 Å². The standard InChI is InChI=1S/C17H20N6O/c1-17(2,3)12-14-15(11-13-7-5-4-6-8-13)23(21-19-14)16(24)22-10-9-18-20-22/h4-10H,11-12H2,1-3H3. The molecule has 0 fully saturated rings. The zero-order valence-corrected chi connectivity index (χ0v) is 14.0. The molecule has 2 aromatic heterocycles. The van der Waals surface area contributed by atoms with Gasteiger partial charge in [0, 0.05) is 6.42 Å². The molecule has 7 nitrogen and oxygen atoms in total. The Morgan fingerprint density at radius 3 is 2.50 bits per heavy atom. The van der Waals surface area contributed by atoms with Crippen molar-refractivity contribution in [2.75, 3.05) is 0 Å². The average molecular weight is 324 g/mol. The van der Waals surface area contributed by atoms with Crippen molar-refractivity contribution in [1.82, 2.24) is 30.0 Å². The van der Waals surface area contributed by atoms with Crippen molar-refractivity contribution in [1.29, 1.82) is 0 Å². The second kappa shape index (κ2) is 6.35. The zero-order chi connectivity index (χ0) is 17.2. The highest BCUT2D eigenvalue weighted by Crippen LogP contribution is 2.23. The maximum atomic E-state index is 12.6. The van der Waals surface area contributed by atoms with E-state index in [1.807, 2.05) is 30.3 Å². The van der Waals surface area contributed by atoms with E-state index in [1.54, 1.807) is 0 Å². The number of hydrogen-bond donors (Lipinski definition) is 0. The first-order valence-electron chi connectivity index (χ1n) is 7.82. The minimum absolute atomic E-state index is 0.0443. The lowest BCUT2D eigenvalue weighted by atomic mass is 9.89. The molecule has 0 aliphatic heterocycles. The molecule has 0 saturated heterocycles. The van der Waals surface area contributed by atoms with Crippen LogP contribution in [0, 0.1) is 5.41 Å². The van der Waals surface area contributed by atoms with Crippen molar-refractivity contribution in [3.8, 4) is 0 Å². The molecule has 0 N–H and O–H groups in total. The number of carbonyl (C=O) groups excluding carboxylic acids is 1. The minimum atomic E-state index is -0.383. The summed E-state index contributed by atoms with van der Waals surface area (Å²) in [5, 5.41) is 15.8. The summed E-state index contributed by atoms with van der Waals surface area (Å²) in [6.07, 6.45) is 4.28. The van der Waals surface area contributed by atoms with Gasteiger partial charge in [-0.15, -0.1) is 10.2 Å². The fourth-order valence-electron chi connectivity index (χ4n) is 2.50. The predicted molar refractivity (Wildman–Crippen MR) is 88.6 cm³/mol. The lowest BCUT2D eigenvalue weighted by molar-refractivity contribution is 0.236. The molecule has 0 aliphatic rings. The van der Waals surface area contributed by atoms with Gasteiger partial charge >= 0.3 is 6.03 Å². The van der Waals surface area contributed by atoms with Crippen LogP contribution in [0.4, 0.5) is 4.79 Å². The van der Waals surface area contributed by atoms with Gasteiger partial charge in [0.2, 0.25) is 0 Å². The van der Waals surface area contributed by atoms with E-state index < -0.39 is 0 Å². The van der Waals surface area contributed by atoms with Crippen LogP contribution in [0.25, 0.3) is 0 Å². The molecular formula is C17H20N6O. The van der Waals surface area contributed by atoms with Crippen molar-refractivity contribution in [3.63, 3.8) is 0 Å². The first-order valence-corrected chi connectivity index (χ1v) is 7.82. The SMILES string of the molecule is CC(C)(C)Cc1nnn(C(=O)n2ccnn2)c1Cc1ccccc1. The Morgan fingerprint density at radius 2 is 1.88 bits per heavy atom. The maximum absolute atomic E-state index is 12.6. The number of nitrogens with zero attached hydrogens (tertiary/aromatic N) is 6. The smallest absolute Gasteiger partial charge is 0.243 e. The Kier molecular flexibility index (Phi) is 4.24. The Morgan fingerprint density at radius 1 is 1.12 bits per heavy atom. The van der Waals surface area contributed by atoms with Crippen LogP contribution in [0.1, 0.15) is 37.7 Å². The molecule has 0 unspecified atom stereocenters. The van der Waals surface area contributed by atoms with Gasteiger partial charge in [-0.25, -0.2) is 4.79 Å². The van der Waals surface area contributed by atoms with Crippen LogP contribution in [0.5, 0.6) is 0 Å². The van der Waals surface area contributed by atoms with E-state index in [-0.39, 0.29) is 11.4 Å². The van der Waals surface area contributed by atoms with Crippen LogP contribution in [-0.4, -0.2) is 36.0 Å². The fraction of sp³-hybridized carbons (Fsp3) is 0.353. The lowest BCUT2D eigenvalue weighted by Gasteiger charge is -2.17. The summed E-state index contributed by atoms with van der Waals surface area (Å²) in [5.74, 6) is 0. The molecule has 0 radical (unpaired) electrons. The normalized spacial score (nSPS) is 11.6. The van der Waals surface area contributed by atoms with Gasteiger partial charge in [0.05, 0.1) is 23.8 Å². The van der Waals surface area contributed by atoms with Gasteiger partial charge in [-0.1, -0.05) is 61.5 Å². The van der Waals surface area contributed by atoms with E-state index in [4.69, 9.17) is 0 Å². The van der Waals surface area contributed by atoms with E-state index in [1.165, 1.54) is 17.1 Å². The largest absolute Gasteiger partial charge is 0.372 e. The van der Waals surface area contributed by atoms with E-state index in [0.29, 0.717) is 6.42 Å². The van der Waals surface area contributed by atoms with Crippen molar-refractivity contribution < 1.29 is 4.79 Å². The Hall–Kier alpha value is -2.83. The summed E-state index contributed by atoms with van der Waals surface area (Å²) < 4.78 is 2.48. The van der Waals surface area contributed by atoms with Crippen molar-refractivity contribution in [3.05, 3.63) is 59.7 Å². The third-order valence-corrected chi connectivity index (χ3v) is 3.56. The summed E-state index contributed by atoms with van der Waals surface area (Å²) >= 11 is 0. The molecule has 0 spiro atoms. The molecule has 0 amide bonds. The molecule has 0 saturated carbocycles. The van der Waals surface area contributed by atoms with Crippen molar-refractivity contribution in [2.45, 2.75) is 33.6 Å². The highest BCUT2D eigenvalue weighted by Gasteiger charge is 2.23. The summed E-state index contributed by atoms with van der Waals surface area (Å²) in [4.78, 5) is 12.6. The number of rotatable bonds is 3. The van der Waals surface area contributed by atoms with E-state index in [2.05, 4.69) is 41.4 Å². The number of benzene rings is 1. The van der Waals surface area contributed by atoms with Gasteiger partial charge in [0.25, 0.3) is 0 Å². The molecule has 24 heavy (non-hydrogen) atoms. The van der Waals surface area contributed by atoms with Crippen LogP contribution in [-0.2, 0) is 12.8 Å². The number of hydrogen-bond acceptors (Lipinski definition) is 5. The second-order valence-electron chi connectivity index (χ2n) is 6.92. The van der Waals surface area contributed by atoms with Crippen LogP contribution in [0.2, 0.25) is 0 Å². The lowest BCUT2D eigenvalue weighted by Crippen LogP contribution is -2.24. The highest BCUT2D eigenvalue weighted by molar-refractivity contribution is 5.78. The number of aromatic nitrogens is 6. The van der Waals surface area contributed by atoms with Gasteiger partial charge < -0.3 is 0 Å². The molecule has 0 bridgehead atoms. The molecule has 124 valence electrons. The third kappa shape index (κ3) is 3.56. The molecular weight excluding hydrogens is 304 g/mol. The summed E-state index contributed by atoms with van der Waals surface area (Å²) in [5.41, 5.74) is 2.77. The van der Waals surface area contributed by atoms with Crippen molar-refractivity contribution >= 4 is 6.03 Å². The van der Waals surface area contributed by atoms with Gasteiger partial charge in [-0.3, -0.25) is 0 Å². The first kappa shape index (κ1) is 16.0. The number of carbonyl (C=O) groups is 1. The average Bonchev–Trinajstić information content (AvgIpc) is 3.17. The quantitative estimate of drug-likeness (QED) is 0.740. The second-order valence-corrected chi connectivity index (χ2v) is 6.92. The maximum Gasteiger partial charge on any atom is 0.372 e. The van der Waals surface area contributed by atoms with E-state index in [0.717, 1.165) is 28.1 Å². The monoisotopic (exact) mass is 324 g/mol. The van der Waals surface area contributed by atoms with Gasteiger partial charge in [0.1, 0.15) is 0 Å². The van der Waals surface area contributed by atoms with Gasteiger partial charge in [-0.2, -0.15) is 9.36 Å². The highest BCUT2D eigenvalue weighted by atomic mass is 16.2. The molecule has 0 atom stereocenters. The first-order chi connectivity index (χ1) is 11.4. The summed E-state index contributed by atoms with van der Waals surface area (Å²) in [6, 6.07) is 9.59. The predicted octanol–water partition coefficient (Wildman–Crippen LogP) is 2.57. The van der Waals surface area contributed by atoms with Crippen LogP contribution >= 0.6 is 0 Å². The molecule has 0 aliphatic carbocycles. The van der Waals surface area contributed by atoms with Crippen molar-refractivity contribution in [2.24, 2.45) is 5.41 Å². The van der Waals surface area contributed by atoms with Gasteiger partial charge in [-0.05, 0) is 17.4 Å². The minimum Gasteiger partial charge on any atom is -0.243 e. The molecule has 1 aromatic carbocycles. The van der Waals surface area contributed by atoms with E-state index in [9.17, 15) is 4.79 Å². The fourth-order valence-corrected chi connectivity index (χ4v) is 2.50. The van der Waals surface area contributed by atoms with Crippen LogP contribution in [0.3, 0.4) is 0 Å². The topological polar surface area (TPSA) is 78.5 Å². The molecule has 3 rings (SSSR count). The third-order valence-electron chi connectivity index (χ3n) is 3.56. The Balaban J connectivity index is 2.00. The summed E-state index contributed by atoms with van der Waals surface area (Å²) in [6.45, 7) is 6.41. The molecule has 2 heterocycles. The summed E-state index contributed by atoms with van der Waals surface area (Å²) in [7, 11) is 0. The zero-order valence-electron chi connectivity index (χ0n) is 14.0. The van der Waals surface area contributed by atoms with Gasteiger partial charge in [0.15, 0.2) is 0 Å². The Bertz CT molecular complexity index is 815.